The van der Waals surface area contributed by atoms with Gasteiger partial charge in [-0.05, 0) is 84.0 Å². The number of hydrogen-bond acceptors (Lipinski definition) is 4. The van der Waals surface area contributed by atoms with Gasteiger partial charge < -0.3 is 19.7 Å². The summed E-state index contributed by atoms with van der Waals surface area (Å²) in [5, 5.41) is 2.99. The highest BCUT2D eigenvalue weighted by atomic mass is 127. The van der Waals surface area contributed by atoms with Crippen LogP contribution >= 0.6 is 22.6 Å². The number of carbonyl (C=O) groups is 2. The van der Waals surface area contributed by atoms with E-state index < -0.39 is 6.04 Å². The minimum atomic E-state index is -0.709. The molecule has 0 saturated heterocycles. The molecular formula is C28H31IN2O4. The zero-order chi connectivity index (χ0) is 25.2. The number of carbonyl (C=O) groups excluding carboxylic acids is 2. The zero-order valence-corrected chi connectivity index (χ0v) is 22.4. The van der Waals surface area contributed by atoms with Crippen molar-refractivity contribution in [3.63, 3.8) is 0 Å². The first-order chi connectivity index (χ1) is 16.9. The SMILES string of the molecule is COc1cccc(CN(C(=O)COc2ccc(I)cc2)[C@H](Cc2ccccc2)C(=O)NC(C)C)c1. The van der Waals surface area contributed by atoms with Crippen LogP contribution in [0, 0.1) is 3.57 Å². The van der Waals surface area contributed by atoms with Gasteiger partial charge in [-0.25, -0.2) is 0 Å². The van der Waals surface area contributed by atoms with E-state index in [0.717, 1.165) is 14.7 Å². The maximum absolute atomic E-state index is 13.6. The molecule has 1 atom stereocenters. The molecule has 0 aromatic heterocycles. The van der Waals surface area contributed by atoms with E-state index in [1.807, 2.05) is 92.7 Å². The molecule has 3 aromatic carbocycles. The molecule has 0 aliphatic rings. The minimum Gasteiger partial charge on any atom is -0.497 e. The van der Waals surface area contributed by atoms with Crippen molar-refractivity contribution in [3.05, 3.63) is 93.6 Å². The van der Waals surface area contributed by atoms with Crippen LogP contribution in [0.3, 0.4) is 0 Å². The molecule has 6 nitrogen and oxygen atoms in total. The average Bonchev–Trinajstić information content (AvgIpc) is 2.86. The summed E-state index contributed by atoms with van der Waals surface area (Å²) in [5.41, 5.74) is 1.83. The number of hydrogen-bond donors (Lipinski definition) is 1. The molecule has 35 heavy (non-hydrogen) atoms. The van der Waals surface area contributed by atoms with Crippen molar-refractivity contribution in [1.82, 2.24) is 10.2 Å². The van der Waals surface area contributed by atoms with Gasteiger partial charge in [0, 0.05) is 22.6 Å². The highest BCUT2D eigenvalue weighted by Gasteiger charge is 2.31. The molecule has 1 N–H and O–H groups in total. The third-order valence-electron chi connectivity index (χ3n) is 5.37. The topological polar surface area (TPSA) is 67.9 Å². The van der Waals surface area contributed by atoms with E-state index in [1.165, 1.54) is 0 Å². The largest absolute Gasteiger partial charge is 0.497 e. The van der Waals surface area contributed by atoms with Crippen LogP contribution in [0.1, 0.15) is 25.0 Å². The molecule has 0 unspecified atom stereocenters. The smallest absolute Gasteiger partial charge is 0.261 e. The predicted octanol–water partition coefficient (Wildman–Crippen LogP) is 4.84. The summed E-state index contributed by atoms with van der Waals surface area (Å²) < 4.78 is 12.2. The molecule has 3 aromatic rings. The van der Waals surface area contributed by atoms with Crippen molar-refractivity contribution in [1.29, 1.82) is 0 Å². The van der Waals surface area contributed by atoms with Crippen molar-refractivity contribution in [2.75, 3.05) is 13.7 Å². The Balaban J connectivity index is 1.91. The van der Waals surface area contributed by atoms with Gasteiger partial charge in [-0.15, -0.1) is 0 Å². The third kappa shape index (κ3) is 8.28. The van der Waals surface area contributed by atoms with Crippen LogP contribution in [0.5, 0.6) is 11.5 Å². The Morgan fingerprint density at radius 3 is 2.26 bits per heavy atom. The van der Waals surface area contributed by atoms with Crippen LogP contribution in [0.15, 0.2) is 78.9 Å². The summed E-state index contributed by atoms with van der Waals surface area (Å²) in [6.45, 7) is 3.89. The minimum absolute atomic E-state index is 0.0578. The molecule has 0 fully saturated rings. The predicted molar refractivity (Wildman–Crippen MR) is 145 cm³/mol. The van der Waals surface area contributed by atoms with E-state index in [9.17, 15) is 9.59 Å². The Morgan fingerprint density at radius 1 is 0.914 bits per heavy atom. The molecule has 0 spiro atoms. The number of nitrogens with one attached hydrogen (secondary N) is 1. The summed E-state index contributed by atoms with van der Waals surface area (Å²) in [6, 6.07) is 24.0. The monoisotopic (exact) mass is 586 g/mol. The first-order valence-corrected chi connectivity index (χ1v) is 12.6. The van der Waals surface area contributed by atoms with E-state index in [2.05, 4.69) is 27.9 Å². The Labute approximate surface area is 220 Å². The van der Waals surface area contributed by atoms with Gasteiger partial charge in [-0.3, -0.25) is 9.59 Å². The van der Waals surface area contributed by atoms with Crippen LogP contribution in [-0.2, 0) is 22.6 Å². The number of rotatable bonds is 11. The number of benzene rings is 3. The summed E-state index contributed by atoms with van der Waals surface area (Å²) in [4.78, 5) is 28.5. The van der Waals surface area contributed by atoms with Crippen molar-refractivity contribution in [2.24, 2.45) is 0 Å². The zero-order valence-electron chi connectivity index (χ0n) is 20.2. The first-order valence-electron chi connectivity index (χ1n) is 11.5. The lowest BCUT2D eigenvalue weighted by molar-refractivity contribution is -0.143. The molecule has 0 aliphatic heterocycles. The van der Waals surface area contributed by atoms with Gasteiger partial charge in [-0.1, -0.05) is 42.5 Å². The lowest BCUT2D eigenvalue weighted by Gasteiger charge is -2.32. The van der Waals surface area contributed by atoms with Gasteiger partial charge in [0.2, 0.25) is 5.91 Å². The quantitative estimate of drug-likeness (QED) is 0.327. The van der Waals surface area contributed by atoms with E-state index >= 15 is 0 Å². The molecular weight excluding hydrogens is 555 g/mol. The summed E-state index contributed by atoms with van der Waals surface area (Å²) in [6.07, 6.45) is 0.388. The van der Waals surface area contributed by atoms with Crippen LogP contribution in [0.25, 0.3) is 0 Å². The van der Waals surface area contributed by atoms with Gasteiger partial charge in [0.25, 0.3) is 5.91 Å². The summed E-state index contributed by atoms with van der Waals surface area (Å²) >= 11 is 2.22. The normalized spacial score (nSPS) is 11.6. The van der Waals surface area contributed by atoms with E-state index in [4.69, 9.17) is 9.47 Å². The summed E-state index contributed by atoms with van der Waals surface area (Å²) in [7, 11) is 1.60. The number of halogens is 1. The maximum atomic E-state index is 13.6. The fraction of sp³-hybridized carbons (Fsp3) is 0.286. The fourth-order valence-corrected chi connectivity index (χ4v) is 4.02. The molecule has 184 valence electrons. The second-order valence-corrected chi connectivity index (χ2v) is 9.73. The van der Waals surface area contributed by atoms with Crippen molar-refractivity contribution < 1.29 is 19.1 Å². The number of nitrogens with zero attached hydrogens (tertiary/aromatic N) is 1. The third-order valence-corrected chi connectivity index (χ3v) is 6.08. The van der Waals surface area contributed by atoms with Crippen molar-refractivity contribution in [3.8, 4) is 11.5 Å². The van der Waals surface area contributed by atoms with E-state index in [-0.39, 0.29) is 31.0 Å². The van der Waals surface area contributed by atoms with Crippen molar-refractivity contribution >= 4 is 34.4 Å². The second kappa shape index (κ2) is 13.1. The Bertz CT molecular complexity index is 1100. The first kappa shape index (κ1) is 26.5. The van der Waals surface area contributed by atoms with Gasteiger partial charge in [-0.2, -0.15) is 0 Å². The van der Waals surface area contributed by atoms with Crippen LogP contribution in [0.4, 0.5) is 0 Å². The molecule has 0 bridgehead atoms. The standard InChI is InChI=1S/C28H31IN2O4/c1-20(2)30-28(33)26(17-21-8-5-4-6-9-21)31(18-22-10-7-11-25(16-22)34-3)27(32)19-35-24-14-12-23(29)13-15-24/h4-16,20,26H,17-19H2,1-3H3,(H,30,33)/t26-/m1/s1. The highest BCUT2D eigenvalue weighted by Crippen LogP contribution is 2.19. The van der Waals surface area contributed by atoms with E-state index in [0.29, 0.717) is 17.9 Å². The van der Waals surface area contributed by atoms with E-state index in [1.54, 1.807) is 12.0 Å². The van der Waals surface area contributed by atoms with Crippen LogP contribution in [-0.4, -0.2) is 42.5 Å². The fourth-order valence-electron chi connectivity index (χ4n) is 3.66. The lowest BCUT2D eigenvalue weighted by atomic mass is 10.0. The molecule has 0 aliphatic carbocycles. The molecule has 0 heterocycles. The number of ether oxygens (including phenoxy) is 2. The lowest BCUT2D eigenvalue weighted by Crippen LogP contribution is -2.52. The Hall–Kier alpha value is -3.07. The molecule has 0 saturated carbocycles. The molecule has 7 heteroatoms. The average molecular weight is 586 g/mol. The molecule has 2 amide bonds. The Morgan fingerprint density at radius 2 is 1.60 bits per heavy atom. The van der Waals surface area contributed by atoms with Crippen LogP contribution < -0.4 is 14.8 Å². The van der Waals surface area contributed by atoms with Gasteiger partial charge in [0.05, 0.1) is 7.11 Å². The second-order valence-electron chi connectivity index (χ2n) is 8.48. The van der Waals surface area contributed by atoms with Crippen molar-refractivity contribution in [2.45, 2.75) is 38.9 Å². The highest BCUT2D eigenvalue weighted by molar-refractivity contribution is 14.1. The van der Waals surface area contributed by atoms with Gasteiger partial charge in [0.15, 0.2) is 6.61 Å². The van der Waals surface area contributed by atoms with Crippen LogP contribution in [0.2, 0.25) is 0 Å². The van der Waals surface area contributed by atoms with Gasteiger partial charge in [0.1, 0.15) is 17.5 Å². The molecule has 0 radical (unpaired) electrons. The molecule has 3 rings (SSSR count). The Kier molecular flexibility index (Phi) is 9.96. The summed E-state index contributed by atoms with van der Waals surface area (Å²) in [5.74, 6) is 0.822. The maximum Gasteiger partial charge on any atom is 0.261 e. The van der Waals surface area contributed by atoms with Gasteiger partial charge >= 0.3 is 0 Å². The number of amides is 2. The number of methoxy groups -OCH3 is 1.